The molecule has 0 radical (unpaired) electrons. The van der Waals surface area contributed by atoms with Gasteiger partial charge < -0.3 is 18.8 Å². The molecule has 236 valence electrons. The maximum Gasteiger partial charge on any atom is 1.00 e. The Balaban J connectivity index is 0.00000384. The Morgan fingerprint density at radius 1 is 0.787 bits per heavy atom. The van der Waals surface area contributed by atoms with Crippen LogP contribution >= 0.6 is 0 Å². The molecule has 0 aromatic heterocycles. The number of hydroxylamine groups is 2. The summed E-state index contributed by atoms with van der Waals surface area (Å²) < 4.78 is 68.8. The molecule has 47 heavy (non-hydrogen) atoms. The molecule has 16 nitrogen and oxygen atoms in total. The summed E-state index contributed by atoms with van der Waals surface area (Å²) in [5.74, 6) is -1.78. The van der Waals surface area contributed by atoms with Crippen molar-refractivity contribution in [1.29, 1.82) is 0 Å². The average Bonchev–Trinajstić information content (AvgIpc) is 3.30. The van der Waals surface area contributed by atoms with Crippen molar-refractivity contribution in [2.75, 3.05) is 18.5 Å². The van der Waals surface area contributed by atoms with Crippen molar-refractivity contribution in [3.05, 3.63) is 66.7 Å². The summed E-state index contributed by atoms with van der Waals surface area (Å²) in [5, 5.41) is 16.1. The van der Waals surface area contributed by atoms with Gasteiger partial charge in [-0.3, -0.25) is 9.59 Å². The molecule has 0 bridgehead atoms. The van der Waals surface area contributed by atoms with Crippen LogP contribution in [0.15, 0.2) is 97.0 Å². The van der Waals surface area contributed by atoms with Crippen LogP contribution in [0.5, 0.6) is 0 Å². The molecule has 0 N–H and O–H groups in total. The number of imide groups is 1. The number of hydrogen-bond acceptors (Lipinski definition) is 15. The van der Waals surface area contributed by atoms with E-state index in [0.29, 0.717) is 23.7 Å². The number of rotatable bonds is 12. The van der Waals surface area contributed by atoms with Crippen LogP contribution in [0.25, 0.3) is 0 Å². The monoisotopic (exact) mass is 702 g/mol. The first-order valence-corrected chi connectivity index (χ1v) is 15.9. The molecule has 1 saturated heterocycles. The maximum atomic E-state index is 12.0. The second-order valence-corrected chi connectivity index (χ2v) is 12.3. The van der Waals surface area contributed by atoms with Gasteiger partial charge in [-0.2, -0.15) is 15.3 Å². The Kier molecular flexibility index (Phi) is 15.0. The fourth-order valence-electron chi connectivity index (χ4n) is 3.92. The third-order valence-electron chi connectivity index (χ3n) is 6.26. The zero-order valence-corrected chi connectivity index (χ0v) is 31.1. The third-order valence-corrected chi connectivity index (χ3v) is 7.97. The summed E-state index contributed by atoms with van der Waals surface area (Å²) >= 11 is 0. The Labute approximate surface area is 314 Å². The van der Waals surface area contributed by atoms with Crippen molar-refractivity contribution in [2.24, 2.45) is 20.5 Å². The molecule has 0 atom stereocenters. The van der Waals surface area contributed by atoms with Gasteiger partial charge in [-0.25, -0.2) is 21.6 Å². The van der Waals surface area contributed by atoms with Gasteiger partial charge in [-0.15, -0.1) is 10.2 Å². The van der Waals surface area contributed by atoms with Crippen LogP contribution in [-0.2, 0) is 39.5 Å². The first-order valence-electron chi connectivity index (χ1n) is 13.1. The van der Waals surface area contributed by atoms with E-state index in [4.69, 9.17) is 4.84 Å². The van der Waals surface area contributed by atoms with Gasteiger partial charge in [0.15, 0.2) is 0 Å². The van der Waals surface area contributed by atoms with Crippen LogP contribution in [-0.4, -0.2) is 62.4 Å². The van der Waals surface area contributed by atoms with Crippen LogP contribution in [0, 0.1) is 0 Å². The van der Waals surface area contributed by atoms with Crippen molar-refractivity contribution in [1.82, 2.24) is 5.06 Å². The molecule has 3 aromatic carbocycles. The van der Waals surface area contributed by atoms with E-state index in [0.717, 1.165) is 23.9 Å². The zero-order chi connectivity index (χ0) is 32.8. The zero-order valence-electron chi connectivity index (χ0n) is 25.5. The van der Waals surface area contributed by atoms with Crippen LogP contribution in [0.1, 0.15) is 25.7 Å². The molecular weight excluding hydrogens is 678 g/mol. The largest absolute Gasteiger partial charge is 1.00 e. The number of hydrogen-bond donors (Lipinski definition) is 0. The summed E-state index contributed by atoms with van der Waals surface area (Å²) in [7, 11) is -7.84. The summed E-state index contributed by atoms with van der Waals surface area (Å²) in [6.07, 6.45) is 0.405. The number of amides is 2. The summed E-state index contributed by atoms with van der Waals surface area (Å²) in [4.78, 5) is 40.6. The van der Waals surface area contributed by atoms with Crippen molar-refractivity contribution in [3.63, 3.8) is 0 Å². The summed E-state index contributed by atoms with van der Waals surface area (Å²) in [5.41, 5.74) is 1.02. The topological polar surface area (TPSA) is 231 Å². The van der Waals surface area contributed by atoms with Gasteiger partial charge in [0, 0.05) is 38.5 Å². The molecule has 0 spiro atoms. The normalized spacial score (nSPS) is 13.5. The molecule has 4 rings (SSSR count). The number of nitrogens with zero attached hydrogens (tertiary/aromatic N) is 6. The number of anilines is 1. The van der Waals surface area contributed by atoms with Gasteiger partial charge in [0.1, 0.15) is 25.9 Å². The molecule has 0 unspecified atom stereocenters. The fraction of sp³-hybridized carbons (Fsp3) is 0.222. The molecule has 1 aliphatic heterocycles. The van der Waals surface area contributed by atoms with E-state index < -0.39 is 47.8 Å². The molecule has 3 aromatic rings. The third kappa shape index (κ3) is 11.6. The first-order chi connectivity index (χ1) is 21.2. The number of benzene rings is 3. The second kappa shape index (κ2) is 17.5. The van der Waals surface area contributed by atoms with Crippen LogP contribution in [0.4, 0.5) is 28.4 Å². The van der Waals surface area contributed by atoms with E-state index in [1.807, 2.05) is 4.90 Å². The number of azo groups is 2. The van der Waals surface area contributed by atoms with E-state index in [2.05, 4.69) is 20.5 Å². The summed E-state index contributed by atoms with van der Waals surface area (Å²) in [6.45, 7) is 0.444. The van der Waals surface area contributed by atoms with Crippen molar-refractivity contribution in [2.45, 2.75) is 35.5 Å². The Hall–Kier alpha value is -2.91. The maximum absolute atomic E-state index is 12.0. The molecule has 0 aliphatic carbocycles. The van der Waals surface area contributed by atoms with E-state index in [1.165, 1.54) is 24.3 Å². The number of carbonyl (C=O) groups is 3. The van der Waals surface area contributed by atoms with Crippen molar-refractivity contribution in [3.8, 4) is 0 Å². The smallest absolute Gasteiger partial charge is 0.744 e. The van der Waals surface area contributed by atoms with E-state index >= 15 is 0 Å². The minimum absolute atomic E-state index is 0. The van der Waals surface area contributed by atoms with Crippen LogP contribution in [0.3, 0.4) is 0 Å². The summed E-state index contributed by atoms with van der Waals surface area (Å²) in [6, 6.07) is 14.7. The molecule has 20 heteroatoms. The standard InChI is InChI=1S/C27H26N6O10S2.2Na/c1-32(16-2-3-27(36)43-33-25(34)14-15-26(33)35)21-9-4-18(5-10-21)29-31-23-13-8-20(17-24(23)45(40,41)42)30-28-19-6-11-22(12-7-19)44(37,38)39;;/h4-13,17H,2-3,14-16H2,1H3,(H,37,38,39)(H,40,41,42);;/q;2*+1/p-2. The molecule has 1 fully saturated rings. The number of carbonyl (C=O) groups excluding carboxylic acids is 3. The van der Waals surface area contributed by atoms with Gasteiger partial charge in [-0.1, -0.05) is 0 Å². The minimum atomic E-state index is -4.99. The SMILES string of the molecule is CN(CCCC(=O)ON1C(=O)CCC1=O)c1ccc(N=Nc2ccc(N=Nc3ccc(S(=O)(=O)[O-])cc3)cc2S(=O)(=O)[O-])cc1.[Na+].[Na+]. The fourth-order valence-corrected chi connectivity index (χ4v) is 5.02. The molecular formula is C27H24N6Na2O10S2. The Bertz CT molecular complexity index is 1870. The average molecular weight is 703 g/mol. The van der Waals surface area contributed by atoms with Gasteiger partial charge in [0.05, 0.1) is 26.9 Å². The van der Waals surface area contributed by atoms with E-state index in [-0.39, 0.29) is 95.4 Å². The van der Waals surface area contributed by atoms with E-state index in [9.17, 15) is 40.3 Å². The van der Waals surface area contributed by atoms with Gasteiger partial charge in [-0.05, 0) is 73.2 Å². The Morgan fingerprint density at radius 3 is 1.85 bits per heavy atom. The van der Waals surface area contributed by atoms with E-state index in [1.54, 1.807) is 31.3 Å². The first kappa shape index (κ1) is 40.3. The molecule has 0 saturated carbocycles. The predicted molar refractivity (Wildman–Crippen MR) is 153 cm³/mol. The second-order valence-electron chi connectivity index (χ2n) is 9.54. The van der Waals surface area contributed by atoms with Crippen molar-refractivity contribution >= 4 is 66.5 Å². The molecule has 1 aliphatic rings. The van der Waals surface area contributed by atoms with Gasteiger partial charge in [0.2, 0.25) is 0 Å². The van der Waals surface area contributed by atoms with Gasteiger partial charge in [0.25, 0.3) is 11.8 Å². The Morgan fingerprint density at radius 2 is 1.30 bits per heavy atom. The van der Waals surface area contributed by atoms with Crippen LogP contribution in [0.2, 0.25) is 0 Å². The van der Waals surface area contributed by atoms with Crippen molar-refractivity contribution < 1.29 is 104 Å². The predicted octanol–water partition coefficient (Wildman–Crippen LogP) is -1.84. The van der Waals surface area contributed by atoms with Crippen LogP contribution < -0.4 is 64.0 Å². The quantitative estimate of drug-likeness (QED) is 0.0881. The van der Waals surface area contributed by atoms with Gasteiger partial charge >= 0.3 is 65.1 Å². The molecule has 2 amide bonds. The molecule has 1 heterocycles. The minimum Gasteiger partial charge on any atom is -0.744 e.